The van der Waals surface area contributed by atoms with E-state index in [1.54, 1.807) is 10.9 Å². The summed E-state index contributed by atoms with van der Waals surface area (Å²) in [6.45, 7) is 6.23. The van der Waals surface area contributed by atoms with Gasteiger partial charge in [0, 0.05) is 5.69 Å². The van der Waals surface area contributed by atoms with Gasteiger partial charge in [0.05, 0.1) is 23.1 Å². The number of thiophene rings is 1. The Hall–Kier alpha value is -3.25. The quantitative estimate of drug-likeness (QED) is 0.538. The van der Waals surface area contributed by atoms with E-state index in [2.05, 4.69) is 10.3 Å². The third-order valence-electron chi connectivity index (χ3n) is 4.99. The second-order valence-corrected chi connectivity index (χ2v) is 8.17. The predicted molar refractivity (Wildman–Crippen MR) is 118 cm³/mol. The lowest BCUT2D eigenvalue weighted by atomic mass is 10.1. The maximum Gasteiger partial charge on any atom is 0.266 e. The third kappa shape index (κ3) is 3.71. The maximum atomic E-state index is 13.1. The van der Waals surface area contributed by atoms with Crippen LogP contribution in [0, 0.1) is 20.8 Å². The molecule has 0 aliphatic heterocycles. The standard InChI is InChI=1S/C23H21N3O2S/c1-14-8-10-17(11-9-14)12-26-13-24-22-19(23(26)28)16(3)20(29-22)21(27)25-18-7-5-4-6-15(18)2/h4-11,13H,12H2,1-3H3,(H,25,27). The molecule has 1 N–H and O–H groups in total. The molecule has 0 atom stereocenters. The van der Waals surface area contributed by atoms with E-state index < -0.39 is 0 Å². The fourth-order valence-corrected chi connectivity index (χ4v) is 4.31. The number of nitrogens with zero attached hydrogens (tertiary/aromatic N) is 2. The molecular weight excluding hydrogens is 382 g/mol. The lowest BCUT2D eigenvalue weighted by molar-refractivity contribution is 0.103. The third-order valence-corrected chi connectivity index (χ3v) is 6.19. The molecule has 0 fully saturated rings. The van der Waals surface area contributed by atoms with Crippen LogP contribution in [0.2, 0.25) is 0 Å². The van der Waals surface area contributed by atoms with Gasteiger partial charge in [-0.15, -0.1) is 11.3 Å². The van der Waals surface area contributed by atoms with Crippen molar-refractivity contribution in [2.75, 3.05) is 5.32 Å². The van der Waals surface area contributed by atoms with Gasteiger partial charge in [-0.25, -0.2) is 4.98 Å². The Kier molecular flexibility index (Phi) is 5.03. The van der Waals surface area contributed by atoms with Crippen molar-refractivity contribution in [3.05, 3.63) is 92.3 Å². The molecule has 0 saturated carbocycles. The average molecular weight is 404 g/mol. The van der Waals surface area contributed by atoms with E-state index in [-0.39, 0.29) is 11.5 Å². The summed E-state index contributed by atoms with van der Waals surface area (Å²) in [5.41, 5.74) is 4.50. The zero-order chi connectivity index (χ0) is 20.5. The lowest BCUT2D eigenvalue weighted by Gasteiger charge is -2.07. The Bertz CT molecular complexity index is 1270. The number of nitrogens with one attached hydrogen (secondary N) is 1. The number of hydrogen-bond donors (Lipinski definition) is 1. The number of benzene rings is 2. The van der Waals surface area contributed by atoms with Crippen molar-refractivity contribution >= 4 is 33.1 Å². The number of carbonyl (C=O) groups excluding carboxylic acids is 1. The van der Waals surface area contributed by atoms with Crippen LogP contribution in [0.5, 0.6) is 0 Å². The van der Waals surface area contributed by atoms with Crippen molar-refractivity contribution in [2.45, 2.75) is 27.3 Å². The van der Waals surface area contributed by atoms with Gasteiger partial charge >= 0.3 is 0 Å². The van der Waals surface area contributed by atoms with Crippen LogP contribution in [0.4, 0.5) is 5.69 Å². The van der Waals surface area contributed by atoms with Gasteiger partial charge in [-0.05, 0) is 43.5 Å². The van der Waals surface area contributed by atoms with Gasteiger partial charge in [0.1, 0.15) is 4.83 Å². The van der Waals surface area contributed by atoms with E-state index in [1.807, 2.05) is 69.3 Å². The van der Waals surface area contributed by atoms with Crippen LogP contribution < -0.4 is 10.9 Å². The molecule has 5 nitrogen and oxygen atoms in total. The molecule has 2 heterocycles. The first-order chi connectivity index (χ1) is 13.9. The second kappa shape index (κ2) is 7.64. The fourth-order valence-electron chi connectivity index (χ4n) is 3.27. The first-order valence-corrected chi connectivity index (χ1v) is 10.2. The number of para-hydroxylation sites is 1. The average Bonchev–Trinajstić information content (AvgIpc) is 3.05. The van der Waals surface area contributed by atoms with Crippen molar-refractivity contribution < 1.29 is 4.79 Å². The molecular formula is C23H21N3O2S. The summed E-state index contributed by atoms with van der Waals surface area (Å²) in [7, 11) is 0. The summed E-state index contributed by atoms with van der Waals surface area (Å²) in [5, 5.41) is 3.46. The lowest BCUT2D eigenvalue weighted by Crippen LogP contribution is -2.21. The molecule has 1 amide bonds. The molecule has 29 heavy (non-hydrogen) atoms. The largest absolute Gasteiger partial charge is 0.321 e. The van der Waals surface area contributed by atoms with E-state index in [4.69, 9.17) is 0 Å². The van der Waals surface area contributed by atoms with E-state index in [0.717, 1.165) is 16.8 Å². The summed E-state index contributed by atoms with van der Waals surface area (Å²) in [5.74, 6) is -0.218. The van der Waals surface area contributed by atoms with Gasteiger partial charge < -0.3 is 5.32 Å². The highest BCUT2D eigenvalue weighted by Crippen LogP contribution is 2.28. The predicted octanol–water partition coefficient (Wildman–Crippen LogP) is 4.68. The number of carbonyl (C=O) groups is 1. The molecule has 0 radical (unpaired) electrons. The van der Waals surface area contributed by atoms with Crippen molar-refractivity contribution in [3.63, 3.8) is 0 Å². The van der Waals surface area contributed by atoms with Gasteiger partial charge in [-0.1, -0.05) is 48.0 Å². The van der Waals surface area contributed by atoms with Gasteiger partial charge in [0.2, 0.25) is 0 Å². The second-order valence-electron chi connectivity index (χ2n) is 7.17. The zero-order valence-electron chi connectivity index (χ0n) is 16.5. The number of fused-ring (bicyclic) bond motifs is 1. The maximum absolute atomic E-state index is 13.1. The van der Waals surface area contributed by atoms with Crippen molar-refractivity contribution in [1.29, 1.82) is 0 Å². The topological polar surface area (TPSA) is 64.0 Å². The molecule has 0 spiro atoms. The van der Waals surface area contributed by atoms with Gasteiger partial charge in [0.15, 0.2) is 0 Å². The first-order valence-electron chi connectivity index (χ1n) is 9.35. The molecule has 2 aromatic carbocycles. The minimum Gasteiger partial charge on any atom is -0.321 e. The van der Waals surface area contributed by atoms with Crippen LogP contribution in [0.15, 0.2) is 59.7 Å². The van der Waals surface area contributed by atoms with E-state index in [9.17, 15) is 9.59 Å². The number of rotatable bonds is 4. The summed E-state index contributed by atoms with van der Waals surface area (Å²) in [6.07, 6.45) is 1.56. The Morgan fingerprint density at radius 3 is 2.52 bits per heavy atom. The Labute approximate surface area is 172 Å². The minimum absolute atomic E-state index is 0.126. The van der Waals surface area contributed by atoms with E-state index in [0.29, 0.717) is 27.2 Å². The molecule has 6 heteroatoms. The molecule has 0 aliphatic rings. The molecule has 0 saturated heterocycles. The highest BCUT2D eigenvalue weighted by molar-refractivity contribution is 7.20. The molecule has 4 rings (SSSR count). The van der Waals surface area contributed by atoms with E-state index >= 15 is 0 Å². The van der Waals surface area contributed by atoms with Crippen LogP contribution in [-0.4, -0.2) is 15.5 Å². The molecule has 4 aromatic rings. The van der Waals surface area contributed by atoms with Crippen LogP contribution >= 0.6 is 11.3 Å². The van der Waals surface area contributed by atoms with Crippen molar-refractivity contribution in [3.8, 4) is 0 Å². The van der Waals surface area contributed by atoms with Gasteiger partial charge in [-0.2, -0.15) is 0 Å². The Morgan fingerprint density at radius 1 is 1.07 bits per heavy atom. The zero-order valence-corrected chi connectivity index (χ0v) is 17.3. The van der Waals surface area contributed by atoms with Gasteiger partial charge in [0.25, 0.3) is 11.5 Å². The summed E-state index contributed by atoms with van der Waals surface area (Å²) in [6, 6.07) is 15.7. The van der Waals surface area contributed by atoms with Crippen molar-refractivity contribution in [2.24, 2.45) is 0 Å². The highest BCUT2D eigenvalue weighted by Gasteiger charge is 2.20. The highest BCUT2D eigenvalue weighted by atomic mass is 32.1. The molecule has 0 aliphatic carbocycles. The van der Waals surface area contributed by atoms with Crippen LogP contribution in [0.1, 0.15) is 31.9 Å². The smallest absolute Gasteiger partial charge is 0.266 e. The Morgan fingerprint density at radius 2 is 1.79 bits per heavy atom. The minimum atomic E-state index is -0.218. The number of hydrogen-bond acceptors (Lipinski definition) is 4. The van der Waals surface area contributed by atoms with Crippen LogP contribution in [0.25, 0.3) is 10.2 Å². The van der Waals surface area contributed by atoms with E-state index in [1.165, 1.54) is 16.9 Å². The van der Waals surface area contributed by atoms with Crippen molar-refractivity contribution in [1.82, 2.24) is 9.55 Å². The summed E-state index contributed by atoms with van der Waals surface area (Å²) >= 11 is 1.25. The summed E-state index contributed by atoms with van der Waals surface area (Å²) < 4.78 is 1.59. The number of anilines is 1. The molecule has 2 aromatic heterocycles. The Balaban J connectivity index is 1.69. The SMILES string of the molecule is Cc1ccc(Cn2cnc3sc(C(=O)Nc4ccccc4C)c(C)c3c2=O)cc1. The first kappa shape index (κ1) is 19.1. The number of amides is 1. The van der Waals surface area contributed by atoms with Crippen LogP contribution in [0.3, 0.4) is 0 Å². The summed E-state index contributed by atoms with van der Waals surface area (Å²) in [4.78, 5) is 31.5. The van der Waals surface area contributed by atoms with Crippen LogP contribution in [-0.2, 0) is 6.54 Å². The number of aromatic nitrogens is 2. The monoisotopic (exact) mass is 403 g/mol. The normalized spacial score (nSPS) is 11.0. The fraction of sp³-hybridized carbons (Fsp3) is 0.174. The molecule has 0 unspecified atom stereocenters. The molecule has 0 bridgehead atoms. The molecule has 146 valence electrons. The number of aryl methyl sites for hydroxylation is 3. The van der Waals surface area contributed by atoms with Gasteiger partial charge in [-0.3, -0.25) is 14.2 Å².